The molecular formula is C27H29ClN2O3. The molecule has 0 atom stereocenters. The van der Waals surface area contributed by atoms with Crippen LogP contribution in [0.4, 0.5) is 0 Å². The summed E-state index contributed by atoms with van der Waals surface area (Å²) in [5, 5.41) is 1.49. The lowest BCUT2D eigenvalue weighted by Crippen LogP contribution is -3.00. The molecule has 0 aromatic heterocycles. The van der Waals surface area contributed by atoms with Gasteiger partial charge >= 0.3 is 0 Å². The summed E-state index contributed by atoms with van der Waals surface area (Å²) in [6.45, 7) is 5.92. The molecule has 5 nitrogen and oxygen atoms in total. The maximum Gasteiger partial charge on any atom is 0.261 e. The number of hydrogen-bond acceptors (Lipinski definition) is 3. The van der Waals surface area contributed by atoms with Gasteiger partial charge in [0.1, 0.15) is 12.3 Å². The Morgan fingerprint density at radius 1 is 0.970 bits per heavy atom. The Morgan fingerprint density at radius 2 is 1.64 bits per heavy atom. The van der Waals surface area contributed by atoms with Crippen molar-refractivity contribution in [2.75, 3.05) is 34.3 Å². The number of rotatable bonds is 8. The Labute approximate surface area is 201 Å². The molecular weight excluding hydrogens is 436 g/mol. The Kier molecular flexibility index (Phi) is 7.25. The van der Waals surface area contributed by atoms with Crippen molar-refractivity contribution in [1.29, 1.82) is 0 Å². The van der Waals surface area contributed by atoms with Crippen molar-refractivity contribution in [3.8, 4) is 5.75 Å². The van der Waals surface area contributed by atoms with E-state index in [0.29, 0.717) is 28.8 Å². The number of hydrogen-bond donors (Lipinski definition) is 0. The number of carbonyl (C=O) groups is 2. The second-order valence-corrected chi connectivity index (χ2v) is 8.92. The van der Waals surface area contributed by atoms with Crippen LogP contribution in [0.3, 0.4) is 0 Å². The van der Waals surface area contributed by atoms with E-state index in [1.54, 1.807) is 25.3 Å². The molecule has 4 rings (SSSR count). The summed E-state index contributed by atoms with van der Waals surface area (Å²) in [5.74, 6) is 0.207. The second-order valence-electron chi connectivity index (χ2n) is 8.92. The van der Waals surface area contributed by atoms with Crippen molar-refractivity contribution in [3.63, 3.8) is 0 Å². The van der Waals surface area contributed by atoms with Crippen LogP contribution in [0.15, 0.2) is 61.2 Å². The van der Waals surface area contributed by atoms with Crippen LogP contribution in [0.1, 0.15) is 38.3 Å². The topological polar surface area (TPSA) is 46.6 Å². The van der Waals surface area contributed by atoms with E-state index in [-0.39, 0.29) is 24.2 Å². The molecule has 1 aliphatic heterocycles. The zero-order valence-corrected chi connectivity index (χ0v) is 20.1. The third-order valence-electron chi connectivity index (χ3n) is 6.14. The summed E-state index contributed by atoms with van der Waals surface area (Å²) >= 11 is 0. The van der Waals surface area contributed by atoms with Gasteiger partial charge in [-0.05, 0) is 23.8 Å². The van der Waals surface area contributed by atoms with Gasteiger partial charge in [-0.1, -0.05) is 49.1 Å². The Morgan fingerprint density at radius 3 is 2.27 bits per heavy atom. The predicted molar refractivity (Wildman–Crippen MR) is 128 cm³/mol. The zero-order valence-electron chi connectivity index (χ0n) is 19.3. The average Bonchev–Trinajstić information content (AvgIpc) is 2.79. The molecule has 172 valence electrons. The van der Waals surface area contributed by atoms with E-state index in [1.807, 2.05) is 18.2 Å². The van der Waals surface area contributed by atoms with Gasteiger partial charge in [-0.15, -0.1) is 0 Å². The molecule has 6 heteroatoms. The number of nitrogens with zero attached hydrogens (tertiary/aromatic N) is 2. The van der Waals surface area contributed by atoms with Gasteiger partial charge in [-0.2, -0.15) is 0 Å². The van der Waals surface area contributed by atoms with Crippen molar-refractivity contribution >= 4 is 28.7 Å². The normalized spacial score (nSPS) is 13.1. The highest BCUT2D eigenvalue weighted by atomic mass is 35.5. The van der Waals surface area contributed by atoms with E-state index in [4.69, 9.17) is 4.74 Å². The van der Waals surface area contributed by atoms with Crippen molar-refractivity contribution < 1.29 is 31.2 Å². The predicted octanol–water partition coefficient (Wildman–Crippen LogP) is 1.76. The van der Waals surface area contributed by atoms with Crippen molar-refractivity contribution in [1.82, 2.24) is 4.90 Å². The number of ether oxygens (including phenoxy) is 1. The standard InChI is InChI=1S/C27H29N2O3.ClH/c1-5-19-10-12-20(13-11-19)18-29(2,3)17-7-16-28-26(30)22-9-6-8-21-24(32-4)15-14-23(25(21)22)27(28)31;/h5-6,8-15H,1,7,16-18H2,2-4H3;1H/q+1;/p-1. The molecule has 3 aromatic carbocycles. The van der Waals surface area contributed by atoms with Crippen molar-refractivity contribution in [3.05, 3.63) is 83.4 Å². The first-order valence-electron chi connectivity index (χ1n) is 10.8. The molecule has 2 amide bonds. The number of benzene rings is 3. The van der Waals surface area contributed by atoms with Crippen LogP contribution in [0.25, 0.3) is 16.8 Å². The van der Waals surface area contributed by atoms with Crippen LogP contribution >= 0.6 is 0 Å². The highest BCUT2D eigenvalue weighted by Crippen LogP contribution is 2.35. The first-order chi connectivity index (χ1) is 15.3. The van der Waals surface area contributed by atoms with Gasteiger partial charge in [0.25, 0.3) is 11.8 Å². The van der Waals surface area contributed by atoms with Crippen LogP contribution in [-0.4, -0.2) is 55.5 Å². The minimum atomic E-state index is -0.230. The number of amides is 2. The van der Waals surface area contributed by atoms with Gasteiger partial charge in [0, 0.05) is 40.4 Å². The lowest BCUT2D eigenvalue weighted by atomic mass is 9.93. The Bertz CT molecular complexity index is 1180. The molecule has 0 bridgehead atoms. The van der Waals surface area contributed by atoms with Crippen LogP contribution in [0, 0.1) is 0 Å². The maximum atomic E-state index is 13.2. The van der Waals surface area contributed by atoms with Gasteiger partial charge < -0.3 is 21.6 Å². The van der Waals surface area contributed by atoms with E-state index in [0.717, 1.165) is 34.9 Å². The number of carbonyl (C=O) groups excluding carboxylic acids is 2. The molecule has 0 spiro atoms. The van der Waals surface area contributed by atoms with Gasteiger partial charge in [0.05, 0.1) is 27.7 Å². The molecule has 0 unspecified atom stereocenters. The van der Waals surface area contributed by atoms with E-state index >= 15 is 0 Å². The lowest BCUT2D eigenvalue weighted by molar-refractivity contribution is -0.903. The summed E-state index contributed by atoms with van der Waals surface area (Å²) in [4.78, 5) is 27.7. The first-order valence-corrected chi connectivity index (χ1v) is 10.8. The highest BCUT2D eigenvalue weighted by Gasteiger charge is 2.33. The van der Waals surface area contributed by atoms with E-state index in [9.17, 15) is 9.59 Å². The van der Waals surface area contributed by atoms with Crippen LogP contribution < -0.4 is 17.1 Å². The summed E-state index contributed by atoms with van der Waals surface area (Å²) in [6.07, 6.45) is 2.57. The molecule has 0 saturated heterocycles. The summed E-state index contributed by atoms with van der Waals surface area (Å²) in [5.41, 5.74) is 3.48. The van der Waals surface area contributed by atoms with Gasteiger partial charge in [0.15, 0.2) is 0 Å². The molecule has 33 heavy (non-hydrogen) atoms. The molecule has 0 radical (unpaired) electrons. The number of quaternary nitrogens is 1. The number of halogens is 1. The maximum absolute atomic E-state index is 13.2. The smallest absolute Gasteiger partial charge is 0.261 e. The van der Waals surface area contributed by atoms with Gasteiger partial charge in [-0.3, -0.25) is 14.5 Å². The molecule has 0 aliphatic carbocycles. The number of imide groups is 1. The number of methoxy groups -OCH3 is 1. The fourth-order valence-corrected chi connectivity index (χ4v) is 4.49. The van der Waals surface area contributed by atoms with Crippen LogP contribution in [0.2, 0.25) is 0 Å². The first kappa shape index (κ1) is 24.5. The van der Waals surface area contributed by atoms with Crippen molar-refractivity contribution in [2.24, 2.45) is 0 Å². The fraction of sp³-hybridized carbons (Fsp3) is 0.259. The van der Waals surface area contributed by atoms with Crippen LogP contribution in [-0.2, 0) is 6.54 Å². The summed E-state index contributed by atoms with van der Waals surface area (Å²) in [6, 6.07) is 17.5. The van der Waals surface area contributed by atoms with E-state index < -0.39 is 0 Å². The van der Waals surface area contributed by atoms with Crippen LogP contribution in [0.5, 0.6) is 5.75 Å². The summed E-state index contributed by atoms with van der Waals surface area (Å²) < 4.78 is 6.20. The van der Waals surface area contributed by atoms with E-state index in [2.05, 4.69) is 44.9 Å². The Hall–Kier alpha value is -3.15. The Balaban J connectivity index is 0.00000306. The minimum Gasteiger partial charge on any atom is -1.00 e. The second kappa shape index (κ2) is 9.77. The molecule has 0 saturated carbocycles. The van der Waals surface area contributed by atoms with Gasteiger partial charge in [-0.25, -0.2) is 0 Å². The molecule has 1 aliphatic rings. The monoisotopic (exact) mass is 464 g/mol. The quantitative estimate of drug-likeness (QED) is 0.377. The molecule has 1 heterocycles. The molecule has 3 aromatic rings. The third kappa shape index (κ3) is 4.80. The zero-order chi connectivity index (χ0) is 22.9. The third-order valence-corrected chi connectivity index (χ3v) is 6.14. The molecule has 0 N–H and O–H groups in total. The largest absolute Gasteiger partial charge is 1.00 e. The summed E-state index contributed by atoms with van der Waals surface area (Å²) in [7, 11) is 5.93. The fourth-order valence-electron chi connectivity index (χ4n) is 4.49. The van der Waals surface area contributed by atoms with E-state index in [1.165, 1.54) is 10.5 Å². The average molecular weight is 465 g/mol. The molecule has 0 fully saturated rings. The SMILES string of the molecule is C=Cc1ccc(C[N+](C)(C)CCCN2C(=O)c3cccc4c(OC)ccc(c34)C2=O)cc1.[Cl-]. The minimum absolute atomic E-state index is 0. The lowest BCUT2D eigenvalue weighted by Gasteiger charge is -2.32. The van der Waals surface area contributed by atoms with Gasteiger partial charge in [0.2, 0.25) is 0 Å². The highest BCUT2D eigenvalue weighted by molar-refractivity contribution is 6.26. The van der Waals surface area contributed by atoms with Crippen molar-refractivity contribution in [2.45, 2.75) is 13.0 Å².